The van der Waals surface area contributed by atoms with Crippen LogP contribution in [0.25, 0.3) is 11.0 Å². The van der Waals surface area contributed by atoms with Crippen molar-refractivity contribution in [1.29, 1.82) is 0 Å². The van der Waals surface area contributed by atoms with Gasteiger partial charge in [0.2, 0.25) is 5.78 Å². The van der Waals surface area contributed by atoms with Gasteiger partial charge in [-0.25, -0.2) is 0 Å². The standard InChI is InChI=1S/C21H20O6/c1-13-15-6-4-5-7-17(15)27-21(13)16(22)12-26-20(23)11-14-8-9-18(24-2)19(10-14)25-3/h4-10H,11-12H2,1-3H3. The fourth-order valence-electron chi connectivity index (χ4n) is 2.86. The van der Waals surface area contributed by atoms with E-state index < -0.39 is 5.97 Å². The number of rotatable bonds is 7. The van der Waals surface area contributed by atoms with Crippen LogP contribution in [0.15, 0.2) is 46.9 Å². The minimum atomic E-state index is -0.510. The molecule has 0 fully saturated rings. The molecular weight excluding hydrogens is 348 g/mol. The molecule has 27 heavy (non-hydrogen) atoms. The third kappa shape index (κ3) is 3.95. The summed E-state index contributed by atoms with van der Waals surface area (Å²) in [5, 5.41) is 0.873. The Hall–Kier alpha value is -3.28. The maximum absolute atomic E-state index is 12.4. The molecule has 3 aromatic rings. The molecule has 0 saturated heterocycles. The van der Waals surface area contributed by atoms with Gasteiger partial charge in [-0.3, -0.25) is 9.59 Å². The molecule has 1 heterocycles. The smallest absolute Gasteiger partial charge is 0.310 e. The Labute approximate surface area is 156 Å². The number of carbonyl (C=O) groups excluding carboxylic acids is 2. The first kappa shape index (κ1) is 18.5. The minimum absolute atomic E-state index is 0.0206. The van der Waals surface area contributed by atoms with Crippen molar-refractivity contribution in [3.8, 4) is 11.5 Å². The van der Waals surface area contributed by atoms with E-state index in [1.165, 1.54) is 14.2 Å². The van der Waals surface area contributed by atoms with Crippen molar-refractivity contribution < 1.29 is 28.2 Å². The van der Waals surface area contributed by atoms with Gasteiger partial charge in [0.1, 0.15) is 5.58 Å². The highest BCUT2D eigenvalue weighted by Crippen LogP contribution is 2.28. The number of ketones is 1. The van der Waals surface area contributed by atoms with Crippen molar-refractivity contribution in [2.45, 2.75) is 13.3 Å². The first-order valence-electron chi connectivity index (χ1n) is 8.41. The molecule has 3 rings (SSSR count). The molecule has 2 aromatic carbocycles. The van der Waals surface area contributed by atoms with Crippen LogP contribution in [0, 0.1) is 6.92 Å². The number of methoxy groups -OCH3 is 2. The van der Waals surface area contributed by atoms with E-state index in [0.29, 0.717) is 22.6 Å². The van der Waals surface area contributed by atoms with E-state index in [4.69, 9.17) is 18.6 Å². The summed E-state index contributed by atoms with van der Waals surface area (Å²) in [7, 11) is 3.06. The van der Waals surface area contributed by atoms with Gasteiger partial charge in [-0.2, -0.15) is 0 Å². The van der Waals surface area contributed by atoms with Gasteiger partial charge in [-0.05, 0) is 30.7 Å². The van der Waals surface area contributed by atoms with Crippen molar-refractivity contribution in [2.24, 2.45) is 0 Å². The quantitative estimate of drug-likeness (QED) is 0.467. The normalized spacial score (nSPS) is 10.6. The first-order chi connectivity index (χ1) is 13.0. The maximum atomic E-state index is 12.4. The van der Waals surface area contributed by atoms with Crippen LogP contribution in [0.1, 0.15) is 21.7 Å². The van der Waals surface area contributed by atoms with E-state index in [-0.39, 0.29) is 24.6 Å². The average Bonchev–Trinajstić information content (AvgIpc) is 3.03. The van der Waals surface area contributed by atoms with Crippen LogP contribution in [0.4, 0.5) is 0 Å². The number of furan rings is 1. The van der Waals surface area contributed by atoms with Crippen LogP contribution in [0.3, 0.4) is 0 Å². The van der Waals surface area contributed by atoms with Crippen LogP contribution < -0.4 is 9.47 Å². The maximum Gasteiger partial charge on any atom is 0.310 e. The zero-order chi connectivity index (χ0) is 19.4. The van der Waals surface area contributed by atoms with Gasteiger partial charge < -0.3 is 18.6 Å². The van der Waals surface area contributed by atoms with Gasteiger partial charge in [0.05, 0.1) is 20.6 Å². The Morgan fingerprint density at radius 3 is 2.44 bits per heavy atom. The van der Waals surface area contributed by atoms with E-state index in [1.54, 1.807) is 24.3 Å². The van der Waals surface area contributed by atoms with Crippen molar-refractivity contribution in [2.75, 3.05) is 20.8 Å². The van der Waals surface area contributed by atoms with Gasteiger partial charge in [0.15, 0.2) is 23.9 Å². The highest BCUT2D eigenvalue weighted by molar-refractivity contribution is 6.01. The Bertz CT molecular complexity index is 986. The van der Waals surface area contributed by atoms with E-state index in [0.717, 1.165) is 10.9 Å². The van der Waals surface area contributed by atoms with E-state index in [9.17, 15) is 9.59 Å². The number of para-hydroxylation sites is 1. The second-order valence-corrected chi connectivity index (χ2v) is 6.00. The van der Waals surface area contributed by atoms with Crippen molar-refractivity contribution in [3.63, 3.8) is 0 Å². The molecule has 140 valence electrons. The summed E-state index contributed by atoms with van der Waals surface area (Å²) in [6, 6.07) is 12.5. The Kier molecular flexibility index (Phi) is 5.45. The molecule has 0 amide bonds. The SMILES string of the molecule is COc1ccc(CC(=O)OCC(=O)c2oc3ccccc3c2C)cc1OC. The molecule has 0 bridgehead atoms. The lowest BCUT2D eigenvalue weighted by Gasteiger charge is -2.09. The number of aryl methyl sites for hydroxylation is 1. The molecule has 0 aliphatic carbocycles. The van der Waals surface area contributed by atoms with Crippen LogP contribution in [0.5, 0.6) is 11.5 Å². The molecule has 0 radical (unpaired) electrons. The number of ether oxygens (including phenoxy) is 3. The van der Waals surface area contributed by atoms with Crippen molar-refractivity contribution in [1.82, 2.24) is 0 Å². The number of hydrogen-bond acceptors (Lipinski definition) is 6. The second kappa shape index (κ2) is 7.95. The van der Waals surface area contributed by atoms with Gasteiger partial charge in [0.25, 0.3) is 0 Å². The predicted molar refractivity (Wildman–Crippen MR) is 99.5 cm³/mol. The molecule has 0 spiro atoms. The molecule has 0 aliphatic heterocycles. The van der Waals surface area contributed by atoms with E-state index >= 15 is 0 Å². The highest BCUT2D eigenvalue weighted by atomic mass is 16.5. The zero-order valence-electron chi connectivity index (χ0n) is 15.4. The van der Waals surface area contributed by atoms with Gasteiger partial charge in [-0.1, -0.05) is 24.3 Å². The number of fused-ring (bicyclic) bond motifs is 1. The van der Waals surface area contributed by atoms with E-state index in [2.05, 4.69) is 0 Å². The third-order valence-corrected chi connectivity index (χ3v) is 4.26. The summed E-state index contributed by atoms with van der Waals surface area (Å²) in [4.78, 5) is 24.5. The molecule has 6 nitrogen and oxygen atoms in total. The first-order valence-corrected chi connectivity index (χ1v) is 8.41. The lowest BCUT2D eigenvalue weighted by molar-refractivity contribution is -0.141. The summed E-state index contributed by atoms with van der Waals surface area (Å²) in [5.41, 5.74) is 2.08. The van der Waals surface area contributed by atoms with Crippen LogP contribution in [0.2, 0.25) is 0 Å². The molecule has 0 aliphatic rings. The van der Waals surface area contributed by atoms with Gasteiger partial charge in [0, 0.05) is 10.9 Å². The lowest BCUT2D eigenvalue weighted by atomic mass is 10.1. The summed E-state index contributed by atoms with van der Waals surface area (Å²) in [5.74, 6) is 0.436. The van der Waals surface area contributed by atoms with Crippen LogP contribution in [-0.2, 0) is 16.0 Å². The summed E-state index contributed by atoms with van der Waals surface area (Å²) in [6.07, 6.45) is 0.0206. The minimum Gasteiger partial charge on any atom is -0.493 e. The Balaban J connectivity index is 1.63. The second-order valence-electron chi connectivity index (χ2n) is 6.00. The molecule has 0 N–H and O–H groups in total. The molecule has 0 atom stereocenters. The molecular formula is C21H20O6. The molecule has 1 aromatic heterocycles. The summed E-state index contributed by atoms with van der Waals surface area (Å²) in [6.45, 7) is 1.44. The highest BCUT2D eigenvalue weighted by Gasteiger charge is 2.19. The fourth-order valence-corrected chi connectivity index (χ4v) is 2.86. The molecule has 6 heteroatoms. The number of Topliss-reactive ketones (excluding diaryl/α,β-unsaturated/α-hetero) is 1. The Morgan fingerprint density at radius 2 is 1.74 bits per heavy atom. The largest absolute Gasteiger partial charge is 0.493 e. The number of carbonyl (C=O) groups is 2. The van der Waals surface area contributed by atoms with Crippen molar-refractivity contribution >= 4 is 22.7 Å². The van der Waals surface area contributed by atoms with Gasteiger partial charge >= 0.3 is 5.97 Å². The molecule has 0 unspecified atom stereocenters. The number of esters is 1. The average molecular weight is 368 g/mol. The van der Waals surface area contributed by atoms with E-state index in [1.807, 2.05) is 25.1 Å². The van der Waals surface area contributed by atoms with Crippen LogP contribution >= 0.6 is 0 Å². The number of benzene rings is 2. The lowest BCUT2D eigenvalue weighted by Crippen LogP contribution is -2.16. The third-order valence-electron chi connectivity index (χ3n) is 4.26. The topological polar surface area (TPSA) is 75.0 Å². The van der Waals surface area contributed by atoms with Crippen molar-refractivity contribution in [3.05, 3.63) is 59.4 Å². The fraction of sp³-hybridized carbons (Fsp3) is 0.238. The Morgan fingerprint density at radius 1 is 1.00 bits per heavy atom. The van der Waals surface area contributed by atoms with Crippen LogP contribution in [-0.4, -0.2) is 32.6 Å². The van der Waals surface area contributed by atoms with Gasteiger partial charge in [-0.15, -0.1) is 0 Å². The molecule has 0 saturated carbocycles. The number of hydrogen-bond donors (Lipinski definition) is 0. The monoisotopic (exact) mass is 368 g/mol. The summed E-state index contributed by atoms with van der Waals surface area (Å²) < 4.78 is 21.1. The summed E-state index contributed by atoms with van der Waals surface area (Å²) >= 11 is 0. The predicted octanol–water partition coefficient (Wildman–Crippen LogP) is 3.73. The zero-order valence-corrected chi connectivity index (χ0v) is 15.4.